The molecule has 0 radical (unpaired) electrons. The Morgan fingerprint density at radius 2 is 1.94 bits per heavy atom. The summed E-state index contributed by atoms with van der Waals surface area (Å²) in [6, 6.07) is 12.2. The SMILES string of the molecule is Fc1cccc(CCl)c1Oc1cccc(I)c1. The maximum atomic E-state index is 13.6. The van der Waals surface area contributed by atoms with Crippen LogP contribution in [0.25, 0.3) is 0 Å². The maximum Gasteiger partial charge on any atom is 0.167 e. The highest BCUT2D eigenvalue weighted by molar-refractivity contribution is 14.1. The van der Waals surface area contributed by atoms with Crippen LogP contribution in [0.5, 0.6) is 11.5 Å². The summed E-state index contributed by atoms with van der Waals surface area (Å²) < 4.78 is 20.2. The molecule has 0 bridgehead atoms. The summed E-state index contributed by atoms with van der Waals surface area (Å²) in [5.74, 6) is 0.622. The predicted octanol–water partition coefficient (Wildman–Crippen LogP) is 4.96. The predicted molar refractivity (Wildman–Crippen MR) is 75.2 cm³/mol. The number of hydrogen-bond acceptors (Lipinski definition) is 1. The zero-order valence-electron chi connectivity index (χ0n) is 8.79. The molecule has 0 saturated carbocycles. The van der Waals surface area contributed by atoms with E-state index in [9.17, 15) is 4.39 Å². The van der Waals surface area contributed by atoms with Gasteiger partial charge in [-0.1, -0.05) is 18.2 Å². The minimum atomic E-state index is -0.401. The van der Waals surface area contributed by atoms with Gasteiger partial charge in [-0.15, -0.1) is 11.6 Å². The average Bonchev–Trinajstić information content (AvgIpc) is 2.32. The van der Waals surface area contributed by atoms with E-state index in [-0.39, 0.29) is 11.6 Å². The summed E-state index contributed by atoms with van der Waals surface area (Å²) >= 11 is 7.93. The van der Waals surface area contributed by atoms with E-state index in [1.54, 1.807) is 18.2 Å². The summed E-state index contributed by atoms with van der Waals surface area (Å²) in [5.41, 5.74) is 0.644. The Bertz CT molecular complexity index is 531. The molecule has 2 rings (SSSR count). The second kappa shape index (κ2) is 5.69. The number of benzene rings is 2. The summed E-state index contributed by atoms with van der Waals surface area (Å²) in [7, 11) is 0. The van der Waals surface area contributed by atoms with Crippen molar-refractivity contribution in [2.45, 2.75) is 5.88 Å². The van der Waals surface area contributed by atoms with E-state index in [1.165, 1.54) is 6.07 Å². The fraction of sp³-hybridized carbons (Fsp3) is 0.0769. The van der Waals surface area contributed by atoms with Gasteiger partial charge in [0.1, 0.15) is 5.75 Å². The van der Waals surface area contributed by atoms with E-state index in [1.807, 2.05) is 18.2 Å². The van der Waals surface area contributed by atoms with Crippen molar-refractivity contribution in [1.29, 1.82) is 0 Å². The first kappa shape index (κ1) is 12.6. The van der Waals surface area contributed by atoms with Crippen molar-refractivity contribution < 1.29 is 9.13 Å². The fourth-order valence-electron chi connectivity index (χ4n) is 1.42. The van der Waals surface area contributed by atoms with Crippen LogP contribution in [0.2, 0.25) is 0 Å². The van der Waals surface area contributed by atoms with Gasteiger partial charge >= 0.3 is 0 Å². The van der Waals surface area contributed by atoms with Gasteiger partial charge in [0.15, 0.2) is 11.6 Å². The minimum Gasteiger partial charge on any atom is -0.454 e. The average molecular weight is 363 g/mol. The smallest absolute Gasteiger partial charge is 0.167 e. The van der Waals surface area contributed by atoms with Crippen LogP contribution in [0.15, 0.2) is 42.5 Å². The molecule has 0 aromatic heterocycles. The molecule has 2 aromatic carbocycles. The Kier molecular flexibility index (Phi) is 4.23. The van der Waals surface area contributed by atoms with E-state index in [4.69, 9.17) is 16.3 Å². The first-order chi connectivity index (χ1) is 8.20. The van der Waals surface area contributed by atoms with Crippen LogP contribution in [0, 0.1) is 9.39 Å². The third-order valence-electron chi connectivity index (χ3n) is 2.21. The molecule has 0 atom stereocenters. The Morgan fingerprint density at radius 1 is 1.18 bits per heavy atom. The van der Waals surface area contributed by atoms with Gasteiger partial charge in [-0.2, -0.15) is 0 Å². The molecule has 0 unspecified atom stereocenters. The van der Waals surface area contributed by atoms with E-state index in [0.29, 0.717) is 11.3 Å². The first-order valence-corrected chi connectivity index (χ1v) is 6.59. The molecular weight excluding hydrogens is 353 g/mol. The van der Waals surface area contributed by atoms with Gasteiger partial charge in [0, 0.05) is 9.13 Å². The second-order valence-electron chi connectivity index (χ2n) is 3.42. The lowest BCUT2D eigenvalue weighted by Gasteiger charge is -2.10. The van der Waals surface area contributed by atoms with Crippen molar-refractivity contribution >= 4 is 34.2 Å². The van der Waals surface area contributed by atoms with Crippen LogP contribution in [-0.4, -0.2) is 0 Å². The van der Waals surface area contributed by atoms with Gasteiger partial charge in [-0.05, 0) is 46.9 Å². The molecule has 0 heterocycles. The fourth-order valence-corrected chi connectivity index (χ4v) is 2.15. The molecule has 2 aromatic rings. The van der Waals surface area contributed by atoms with Crippen molar-refractivity contribution in [2.75, 3.05) is 0 Å². The lowest BCUT2D eigenvalue weighted by molar-refractivity contribution is 0.438. The molecule has 0 fully saturated rings. The standard InChI is InChI=1S/C13H9ClFIO/c14-8-9-3-1-6-12(15)13(9)17-11-5-2-4-10(16)7-11/h1-7H,8H2. The van der Waals surface area contributed by atoms with Gasteiger partial charge in [0.2, 0.25) is 0 Å². The Morgan fingerprint density at radius 3 is 2.65 bits per heavy atom. The third-order valence-corrected chi connectivity index (χ3v) is 3.17. The summed E-state index contributed by atoms with van der Waals surface area (Å²) in [6.45, 7) is 0. The zero-order chi connectivity index (χ0) is 12.3. The van der Waals surface area contributed by atoms with E-state index in [0.717, 1.165) is 3.57 Å². The van der Waals surface area contributed by atoms with Gasteiger partial charge < -0.3 is 4.74 Å². The molecule has 0 aliphatic heterocycles. The quantitative estimate of drug-likeness (QED) is 0.554. The highest BCUT2D eigenvalue weighted by Gasteiger charge is 2.10. The Balaban J connectivity index is 2.35. The number of ether oxygens (including phenoxy) is 1. The molecule has 0 spiro atoms. The molecule has 0 aliphatic carbocycles. The number of rotatable bonds is 3. The largest absolute Gasteiger partial charge is 0.454 e. The zero-order valence-corrected chi connectivity index (χ0v) is 11.7. The normalized spacial score (nSPS) is 10.3. The van der Waals surface area contributed by atoms with Crippen molar-refractivity contribution in [3.05, 3.63) is 57.4 Å². The summed E-state index contributed by atoms with van der Waals surface area (Å²) in [6.07, 6.45) is 0. The van der Waals surface area contributed by atoms with E-state index >= 15 is 0 Å². The molecule has 0 N–H and O–H groups in total. The van der Waals surface area contributed by atoms with Gasteiger partial charge in [-0.3, -0.25) is 0 Å². The van der Waals surface area contributed by atoms with E-state index < -0.39 is 5.82 Å². The van der Waals surface area contributed by atoms with E-state index in [2.05, 4.69) is 22.6 Å². The minimum absolute atomic E-state index is 0.199. The number of alkyl halides is 1. The van der Waals surface area contributed by atoms with Gasteiger partial charge in [-0.25, -0.2) is 4.39 Å². The highest BCUT2D eigenvalue weighted by atomic mass is 127. The highest BCUT2D eigenvalue weighted by Crippen LogP contribution is 2.30. The summed E-state index contributed by atoms with van der Waals surface area (Å²) in [5, 5.41) is 0. The van der Waals surface area contributed by atoms with Crippen LogP contribution in [-0.2, 0) is 5.88 Å². The van der Waals surface area contributed by atoms with Crippen LogP contribution in [0.4, 0.5) is 4.39 Å². The molecule has 0 aliphatic rings. The van der Waals surface area contributed by atoms with Crippen molar-refractivity contribution in [2.24, 2.45) is 0 Å². The lowest BCUT2D eigenvalue weighted by Crippen LogP contribution is -1.93. The number of hydrogen-bond donors (Lipinski definition) is 0. The maximum absolute atomic E-state index is 13.6. The monoisotopic (exact) mass is 362 g/mol. The lowest BCUT2D eigenvalue weighted by atomic mass is 10.2. The van der Waals surface area contributed by atoms with Gasteiger partial charge in [0.05, 0.1) is 5.88 Å². The van der Waals surface area contributed by atoms with Crippen LogP contribution in [0.1, 0.15) is 5.56 Å². The molecule has 17 heavy (non-hydrogen) atoms. The van der Waals surface area contributed by atoms with Crippen molar-refractivity contribution in [1.82, 2.24) is 0 Å². The molecule has 88 valence electrons. The molecular formula is C13H9ClFIO. The summed E-state index contributed by atoms with van der Waals surface area (Å²) in [4.78, 5) is 0. The topological polar surface area (TPSA) is 9.23 Å². The number of halogens is 3. The third kappa shape index (κ3) is 3.10. The molecule has 0 amide bonds. The first-order valence-electron chi connectivity index (χ1n) is 4.97. The Hall–Kier alpha value is -0.810. The van der Waals surface area contributed by atoms with Crippen LogP contribution < -0.4 is 4.74 Å². The number of para-hydroxylation sites is 1. The molecule has 0 saturated heterocycles. The second-order valence-corrected chi connectivity index (χ2v) is 4.93. The Labute approximate surface area is 118 Å². The van der Waals surface area contributed by atoms with Gasteiger partial charge in [0.25, 0.3) is 0 Å². The molecule has 4 heteroatoms. The van der Waals surface area contributed by atoms with Crippen molar-refractivity contribution in [3.63, 3.8) is 0 Å². The van der Waals surface area contributed by atoms with Crippen LogP contribution >= 0.6 is 34.2 Å². The van der Waals surface area contributed by atoms with Crippen LogP contribution in [0.3, 0.4) is 0 Å². The van der Waals surface area contributed by atoms with Crippen molar-refractivity contribution in [3.8, 4) is 11.5 Å². The molecule has 1 nitrogen and oxygen atoms in total.